The zero-order valence-electron chi connectivity index (χ0n) is 13.1. The molecule has 1 fully saturated rings. The Labute approximate surface area is 121 Å². The molecule has 0 bridgehead atoms. The summed E-state index contributed by atoms with van der Waals surface area (Å²) in [6, 6.07) is 4.03. The Hall–Kier alpha value is -1.26. The first-order valence-corrected chi connectivity index (χ1v) is 7.06. The van der Waals surface area contributed by atoms with Gasteiger partial charge in [0.2, 0.25) is 0 Å². The SMILES string of the molecule is COc1cc(C)c(CN2CC(O)(C(C)C)C2)cc1OC. The molecule has 0 aromatic heterocycles. The fourth-order valence-corrected chi connectivity index (χ4v) is 2.64. The van der Waals surface area contributed by atoms with E-state index in [2.05, 4.69) is 25.7 Å². The summed E-state index contributed by atoms with van der Waals surface area (Å²) in [4.78, 5) is 2.26. The van der Waals surface area contributed by atoms with E-state index in [0.717, 1.165) is 31.1 Å². The minimum atomic E-state index is -0.523. The van der Waals surface area contributed by atoms with Gasteiger partial charge in [-0.15, -0.1) is 0 Å². The van der Waals surface area contributed by atoms with Crippen LogP contribution in [0.15, 0.2) is 12.1 Å². The van der Waals surface area contributed by atoms with E-state index in [1.807, 2.05) is 12.1 Å². The van der Waals surface area contributed by atoms with Gasteiger partial charge in [-0.05, 0) is 36.1 Å². The minimum Gasteiger partial charge on any atom is -0.493 e. The summed E-state index contributed by atoms with van der Waals surface area (Å²) in [7, 11) is 3.30. The van der Waals surface area contributed by atoms with Gasteiger partial charge in [-0.2, -0.15) is 0 Å². The van der Waals surface area contributed by atoms with Crippen LogP contribution < -0.4 is 9.47 Å². The maximum Gasteiger partial charge on any atom is 0.161 e. The standard InChI is InChI=1S/C16H25NO3/c1-11(2)16(18)9-17(10-16)8-13-7-15(20-5)14(19-4)6-12(13)3/h6-7,11,18H,8-10H2,1-5H3. The average molecular weight is 279 g/mol. The third-order valence-corrected chi connectivity index (χ3v) is 4.31. The Morgan fingerprint density at radius 1 is 1.20 bits per heavy atom. The van der Waals surface area contributed by atoms with Crippen molar-refractivity contribution in [2.24, 2.45) is 5.92 Å². The van der Waals surface area contributed by atoms with Crippen LogP contribution in [0.25, 0.3) is 0 Å². The van der Waals surface area contributed by atoms with Crippen molar-refractivity contribution in [2.45, 2.75) is 32.9 Å². The van der Waals surface area contributed by atoms with Crippen LogP contribution in [0.2, 0.25) is 0 Å². The molecular weight excluding hydrogens is 254 g/mol. The summed E-state index contributed by atoms with van der Waals surface area (Å²) < 4.78 is 10.7. The molecule has 1 aliphatic rings. The van der Waals surface area contributed by atoms with E-state index in [-0.39, 0.29) is 0 Å². The van der Waals surface area contributed by atoms with Crippen LogP contribution in [0.1, 0.15) is 25.0 Å². The number of nitrogens with zero attached hydrogens (tertiary/aromatic N) is 1. The summed E-state index contributed by atoms with van der Waals surface area (Å²) in [6.07, 6.45) is 0. The van der Waals surface area contributed by atoms with E-state index in [4.69, 9.17) is 9.47 Å². The molecular formula is C16H25NO3. The first-order chi connectivity index (χ1) is 9.39. The number of hydrogen-bond donors (Lipinski definition) is 1. The van der Waals surface area contributed by atoms with Crippen LogP contribution in [0.5, 0.6) is 11.5 Å². The number of methoxy groups -OCH3 is 2. The van der Waals surface area contributed by atoms with Crippen molar-refractivity contribution in [2.75, 3.05) is 27.3 Å². The zero-order valence-corrected chi connectivity index (χ0v) is 13.1. The Bertz CT molecular complexity index is 479. The first kappa shape index (κ1) is 15.1. The maximum absolute atomic E-state index is 10.3. The van der Waals surface area contributed by atoms with Crippen LogP contribution in [-0.4, -0.2) is 42.9 Å². The molecule has 0 radical (unpaired) electrons. The fourth-order valence-electron chi connectivity index (χ4n) is 2.64. The predicted molar refractivity (Wildman–Crippen MR) is 79.3 cm³/mol. The van der Waals surface area contributed by atoms with Crippen LogP contribution in [0, 0.1) is 12.8 Å². The topological polar surface area (TPSA) is 41.9 Å². The minimum absolute atomic E-state index is 0.297. The molecule has 0 unspecified atom stereocenters. The number of aryl methyl sites for hydroxylation is 1. The van der Waals surface area contributed by atoms with Crippen molar-refractivity contribution < 1.29 is 14.6 Å². The molecule has 1 aromatic rings. The number of likely N-dealkylation sites (tertiary alicyclic amines) is 1. The Kier molecular flexibility index (Phi) is 4.25. The third kappa shape index (κ3) is 2.76. The number of hydrogen-bond acceptors (Lipinski definition) is 4. The first-order valence-electron chi connectivity index (χ1n) is 7.06. The van der Waals surface area contributed by atoms with E-state index in [9.17, 15) is 5.11 Å². The lowest BCUT2D eigenvalue weighted by molar-refractivity contribution is -0.130. The molecule has 0 atom stereocenters. The molecule has 2 rings (SSSR count). The second-order valence-electron chi connectivity index (χ2n) is 6.04. The smallest absolute Gasteiger partial charge is 0.161 e. The largest absolute Gasteiger partial charge is 0.493 e. The lowest BCUT2D eigenvalue weighted by atomic mass is 9.82. The van der Waals surface area contributed by atoms with Crippen molar-refractivity contribution >= 4 is 0 Å². The molecule has 0 aliphatic carbocycles. The highest BCUT2D eigenvalue weighted by Gasteiger charge is 2.43. The van der Waals surface area contributed by atoms with Crippen molar-refractivity contribution in [1.29, 1.82) is 0 Å². The van der Waals surface area contributed by atoms with E-state index in [1.165, 1.54) is 11.1 Å². The highest BCUT2D eigenvalue weighted by atomic mass is 16.5. The molecule has 1 heterocycles. The summed E-state index contributed by atoms with van der Waals surface area (Å²) in [5.41, 5.74) is 1.88. The van der Waals surface area contributed by atoms with Gasteiger partial charge in [-0.1, -0.05) is 13.8 Å². The van der Waals surface area contributed by atoms with Gasteiger partial charge in [0, 0.05) is 19.6 Å². The second-order valence-corrected chi connectivity index (χ2v) is 6.04. The van der Waals surface area contributed by atoms with E-state index in [0.29, 0.717) is 5.92 Å². The van der Waals surface area contributed by atoms with Gasteiger partial charge in [0.05, 0.1) is 19.8 Å². The summed E-state index contributed by atoms with van der Waals surface area (Å²) in [5.74, 6) is 1.81. The number of rotatable bonds is 5. The predicted octanol–water partition coefficient (Wildman–Crippen LogP) is 2.21. The molecule has 1 saturated heterocycles. The van der Waals surface area contributed by atoms with Crippen molar-refractivity contribution in [3.8, 4) is 11.5 Å². The van der Waals surface area contributed by atoms with Crippen molar-refractivity contribution in [3.63, 3.8) is 0 Å². The van der Waals surface area contributed by atoms with E-state index >= 15 is 0 Å². The second kappa shape index (κ2) is 5.62. The normalized spacial score (nSPS) is 17.9. The van der Waals surface area contributed by atoms with Crippen LogP contribution in [0.4, 0.5) is 0 Å². The summed E-state index contributed by atoms with van der Waals surface area (Å²) in [6.45, 7) is 8.52. The van der Waals surface area contributed by atoms with Gasteiger partial charge in [0.15, 0.2) is 11.5 Å². The molecule has 1 aliphatic heterocycles. The van der Waals surface area contributed by atoms with E-state index < -0.39 is 5.60 Å². The number of β-amino-alcohol motifs (C(OH)–C–C–N with tert-alkyl or cyclic N) is 1. The molecule has 1 N–H and O–H groups in total. The molecule has 112 valence electrons. The van der Waals surface area contributed by atoms with E-state index in [1.54, 1.807) is 14.2 Å². The molecule has 4 heteroatoms. The Balaban J connectivity index is 2.08. The molecule has 0 amide bonds. The zero-order chi connectivity index (χ0) is 14.9. The van der Waals surface area contributed by atoms with Gasteiger partial charge in [0.1, 0.15) is 0 Å². The van der Waals surface area contributed by atoms with Gasteiger partial charge < -0.3 is 14.6 Å². The Morgan fingerprint density at radius 2 is 1.75 bits per heavy atom. The van der Waals surface area contributed by atoms with Crippen molar-refractivity contribution in [1.82, 2.24) is 4.90 Å². The highest BCUT2D eigenvalue weighted by Crippen LogP contribution is 2.34. The lowest BCUT2D eigenvalue weighted by Crippen LogP contribution is -2.63. The number of aliphatic hydroxyl groups is 1. The Morgan fingerprint density at radius 3 is 2.25 bits per heavy atom. The molecule has 20 heavy (non-hydrogen) atoms. The van der Waals surface area contributed by atoms with Gasteiger partial charge in [-0.3, -0.25) is 4.90 Å². The number of benzene rings is 1. The molecule has 0 saturated carbocycles. The molecule has 0 spiro atoms. The maximum atomic E-state index is 10.3. The average Bonchev–Trinajstić information content (AvgIpc) is 2.38. The summed E-state index contributed by atoms with van der Waals surface area (Å²) in [5, 5.41) is 10.3. The molecule has 1 aromatic carbocycles. The highest BCUT2D eigenvalue weighted by molar-refractivity contribution is 5.47. The number of ether oxygens (including phenoxy) is 2. The lowest BCUT2D eigenvalue weighted by Gasteiger charge is -2.49. The summed E-state index contributed by atoms with van der Waals surface area (Å²) >= 11 is 0. The third-order valence-electron chi connectivity index (χ3n) is 4.31. The van der Waals surface area contributed by atoms with Crippen LogP contribution in [0.3, 0.4) is 0 Å². The molecule has 4 nitrogen and oxygen atoms in total. The van der Waals surface area contributed by atoms with Gasteiger partial charge >= 0.3 is 0 Å². The van der Waals surface area contributed by atoms with Crippen LogP contribution >= 0.6 is 0 Å². The van der Waals surface area contributed by atoms with Gasteiger partial charge in [-0.25, -0.2) is 0 Å². The van der Waals surface area contributed by atoms with Crippen LogP contribution in [-0.2, 0) is 6.54 Å². The monoisotopic (exact) mass is 279 g/mol. The fraction of sp³-hybridized carbons (Fsp3) is 0.625. The quantitative estimate of drug-likeness (QED) is 0.897. The van der Waals surface area contributed by atoms with Gasteiger partial charge in [0.25, 0.3) is 0 Å². The van der Waals surface area contributed by atoms with Crippen molar-refractivity contribution in [3.05, 3.63) is 23.3 Å².